The van der Waals surface area contributed by atoms with Crippen molar-refractivity contribution < 1.29 is 24.8 Å². The van der Waals surface area contributed by atoms with Crippen LogP contribution in [0.1, 0.15) is 11.1 Å². The van der Waals surface area contributed by atoms with Crippen LogP contribution in [-0.4, -0.2) is 40.3 Å². The zero-order valence-corrected chi connectivity index (χ0v) is 15.0. The molecular formula is C19H22N4O5. The molecule has 148 valence electrons. The largest absolute Gasteiger partial charge is 0.326 e. The van der Waals surface area contributed by atoms with Gasteiger partial charge in [0.2, 0.25) is 0 Å². The zero-order chi connectivity index (χ0) is 20.4. The van der Waals surface area contributed by atoms with Gasteiger partial charge in [-0.05, 0) is 11.1 Å². The van der Waals surface area contributed by atoms with Crippen molar-refractivity contribution in [3.05, 3.63) is 71.8 Å². The highest BCUT2D eigenvalue weighted by atomic mass is 16.5. The second-order valence-electron chi connectivity index (χ2n) is 6.05. The summed E-state index contributed by atoms with van der Waals surface area (Å²) in [6, 6.07) is 14.9. The third-order valence-electron chi connectivity index (χ3n) is 4.03. The van der Waals surface area contributed by atoms with Gasteiger partial charge < -0.3 is 10.6 Å². The molecule has 0 aliphatic carbocycles. The van der Waals surface area contributed by atoms with Crippen molar-refractivity contribution in [1.29, 1.82) is 0 Å². The lowest BCUT2D eigenvalue weighted by molar-refractivity contribution is -0.131. The fourth-order valence-corrected chi connectivity index (χ4v) is 2.63. The van der Waals surface area contributed by atoms with Crippen molar-refractivity contribution in [1.82, 2.24) is 21.6 Å². The van der Waals surface area contributed by atoms with Crippen LogP contribution < -0.4 is 21.6 Å². The van der Waals surface area contributed by atoms with Crippen LogP contribution in [0.15, 0.2) is 60.7 Å². The van der Waals surface area contributed by atoms with Crippen LogP contribution in [0.2, 0.25) is 0 Å². The first-order valence-corrected chi connectivity index (χ1v) is 8.56. The molecule has 9 nitrogen and oxygen atoms in total. The fraction of sp³-hybridized carbons (Fsp3) is 0.211. The van der Waals surface area contributed by atoms with Gasteiger partial charge in [-0.25, -0.2) is 15.8 Å². The van der Waals surface area contributed by atoms with Crippen molar-refractivity contribution in [2.45, 2.75) is 24.9 Å². The third-order valence-corrected chi connectivity index (χ3v) is 4.03. The number of rotatable bonds is 8. The molecule has 6 N–H and O–H groups in total. The van der Waals surface area contributed by atoms with Crippen LogP contribution >= 0.6 is 0 Å². The van der Waals surface area contributed by atoms with Gasteiger partial charge in [-0.3, -0.25) is 20.0 Å². The number of urea groups is 1. The normalized spacial score (nSPS) is 12.4. The molecule has 4 amide bonds. The first-order valence-electron chi connectivity index (χ1n) is 8.56. The molecule has 2 aromatic rings. The van der Waals surface area contributed by atoms with Gasteiger partial charge in [0.25, 0.3) is 11.8 Å². The molecule has 0 spiro atoms. The Bertz CT molecular complexity index is 720. The molecule has 2 rings (SSSR count). The number of amides is 4. The van der Waals surface area contributed by atoms with E-state index >= 15 is 0 Å². The molecule has 0 aromatic heterocycles. The van der Waals surface area contributed by atoms with E-state index in [4.69, 9.17) is 10.4 Å². The number of carbonyl (C=O) groups excluding carboxylic acids is 3. The van der Waals surface area contributed by atoms with E-state index in [1.54, 1.807) is 48.5 Å². The summed E-state index contributed by atoms with van der Waals surface area (Å²) in [5, 5.41) is 22.7. The smallest absolute Gasteiger partial charge is 0.316 e. The van der Waals surface area contributed by atoms with Gasteiger partial charge in [0.15, 0.2) is 0 Å². The average molecular weight is 386 g/mol. The van der Waals surface area contributed by atoms with Crippen molar-refractivity contribution in [2.75, 3.05) is 0 Å². The Kier molecular flexibility index (Phi) is 7.94. The highest BCUT2D eigenvalue weighted by Crippen LogP contribution is 2.05. The Hall–Kier alpha value is -3.43. The minimum absolute atomic E-state index is 0.135. The minimum Gasteiger partial charge on any atom is -0.326 e. The number of nitrogens with one attached hydrogen (secondary N) is 4. The molecule has 0 radical (unpaired) electrons. The third kappa shape index (κ3) is 6.38. The summed E-state index contributed by atoms with van der Waals surface area (Å²) in [7, 11) is 0. The van der Waals surface area contributed by atoms with Crippen molar-refractivity contribution >= 4 is 17.8 Å². The van der Waals surface area contributed by atoms with Crippen molar-refractivity contribution in [3.63, 3.8) is 0 Å². The maximum absolute atomic E-state index is 12.3. The molecule has 2 unspecified atom stereocenters. The first kappa shape index (κ1) is 20.9. The maximum atomic E-state index is 12.3. The molecule has 0 fully saturated rings. The summed E-state index contributed by atoms with van der Waals surface area (Å²) in [6.45, 7) is 0. The van der Waals surface area contributed by atoms with Crippen LogP contribution in [0.5, 0.6) is 0 Å². The molecule has 0 heterocycles. The van der Waals surface area contributed by atoms with Crippen LogP contribution in [0, 0.1) is 0 Å². The SMILES string of the molecule is O=C(NC(Cc1ccccc1)C(=O)NO)NC(Cc1ccccc1)C(=O)NO. The van der Waals surface area contributed by atoms with Crippen molar-refractivity contribution in [2.24, 2.45) is 0 Å². The quantitative estimate of drug-likeness (QED) is 0.290. The maximum Gasteiger partial charge on any atom is 0.316 e. The summed E-state index contributed by atoms with van der Waals surface area (Å²) in [6.07, 6.45) is 0.270. The first-order chi connectivity index (χ1) is 13.5. The Morgan fingerprint density at radius 2 is 1.04 bits per heavy atom. The summed E-state index contributed by atoms with van der Waals surface area (Å²) in [4.78, 5) is 36.1. The number of hydrogen-bond donors (Lipinski definition) is 6. The van der Waals surface area contributed by atoms with Crippen molar-refractivity contribution in [3.8, 4) is 0 Å². The Morgan fingerprint density at radius 1 is 0.679 bits per heavy atom. The van der Waals surface area contributed by atoms with E-state index in [9.17, 15) is 14.4 Å². The van der Waals surface area contributed by atoms with E-state index in [1.165, 1.54) is 11.0 Å². The lowest BCUT2D eigenvalue weighted by Gasteiger charge is -2.21. The highest BCUT2D eigenvalue weighted by molar-refractivity contribution is 5.90. The van der Waals surface area contributed by atoms with Crippen LogP contribution in [0.4, 0.5) is 4.79 Å². The van der Waals surface area contributed by atoms with E-state index in [1.807, 2.05) is 12.1 Å². The Balaban J connectivity index is 2.05. The van der Waals surface area contributed by atoms with E-state index in [0.29, 0.717) is 0 Å². The van der Waals surface area contributed by atoms with Crippen LogP contribution in [0.25, 0.3) is 0 Å². The predicted molar refractivity (Wildman–Crippen MR) is 99.4 cm³/mol. The monoisotopic (exact) mass is 386 g/mol. The summed E-state index contributed by atoms with van der Waals surface area (Å²) >= 11 is 0. The lowest BCUT2D eigenvalue weighted by atomic mass is 10.0. The van der Waals surface area contributed by atoms with E-state index in [-0.39, 0.29) is 12.8 Å². The molecular weight excluding hydrogens is 364 g/mol. The van der Waals surface area contributed by atoms with Gasteiger partial charge in [-0.2, -0.15) is 0 Å². The standard InChI is InChI=1S/C19H22N4O5/c24-17(22-27)15(11-13-7-3-1-4-8-13)20-19(26)21-16(18(25)23-28)12-14-9-5-2-6-10-14/h1-10,15-16,27-28H,11-12H2,(H,22,24)(H,23,25)(H2,20,21,26). The highest BCUT2D eigenvalue weighted by Gasteiger charge is 2.25. The van der Waals surface area contributed by atoms with E-state index < -0.39 is 29.9 Å². The van der Waals surface area contributed by atoms with Crippen LogP contribution in [-0.2, 0) is 22.4 Å². The molecule has 0 saturated heterocycles. The lowest BCUT2D eigenvalue weighted by Crippen LogP contribution is -2.55. The summed E-state index contributed by atoms with van der Waals surface area (Å²) < 4.78 is 0. The number of hydrogen-bond acceptors (Lipinski definition) is 5. The van der Waals surface area contributed by atoms with Crippen LogP contribution in [0.3, 0.4) is 0 Å². The molecule has 0 aliphatic rings. The van der Waals surface area contributed by atoms with E-state index in [0.717, 1.165) is 11.1 Å². The molecule has 0 aliphatic heterocycles. The summed E-state index contributed by atoms with van der Waals surface area (Å²) in [5.74, 6) is -1.60. The summed E-state index contributed by atoms with van der Waals surface area (Å²) in [5.41, 5.74) is 4.57. The number of hydroxylamine groups is 2. The predicted octanol–water partition coefficient (Wildman–Crippen LogP) is 0.519. The van der Waals surface area contributed by atoms with Gasteiger partial charge in [0.1, 0.15) is 12.1 Å². The van der Waals surface area contributed by atoms with Gasteiger partial charge in [-0.15, -0.1) is 0 Å². The molecule has 9 heteroatoms. The van der Waals surface area contributed by atoms with Gasteiger partial charge >= 0.3 is 6.03 Å². The van der Waals surface area contributed by atoms with Gasteiger partial charge in [0, 0.05) is 12.8 Å². The molecule has 28 heavy (non-hydrogen) atoms. The van der Waals surface area contributed by atoms with E-state index in [2.05, 4.69) is 10.6 Å². The molecule has 2 aromatic carbocycles. The molecule has 0 bridgehead atoms. The Morgan fingerprint density at radius 3 is 1.36 bits per heavy atom. The number of carbonyl (C=O) groups is 3. The second-order valence-corrected chi connectivity index (χ2v) is 6.05. The second kappa shape index (κ2) is 10.7. The zero-order valence-electron chi connectivity index (χ0n) is 15.0. The molecule has 2 atom stereocenters. The fourth-order valence-electron chi connectivity index (χ4n) is 2.63. The van der Waals surface area contributed by atoms with Gasteiger partial charge in [-0.1, -0.05) is 60.7 Å². The average Bonchev–Trinajstić information content (AvgIpc) is 2.73. The van der Waals surface area contributed by atoms with Gasteiger partial charge in [0.05, 0.1) is 0 Å². The minimum atomic E-state index is -1.07. The topological polar surface area (TPSA) is 140 Å². The number of benzene rings is 2. The Labute approximate surface area is 161 Å². The molecule has 0 saturated carbocycles.